The van der Waals surface area contributed by atoms with Crippen molar-refractivity contribution in [2.45, 2.75) is 31.6 Å². The van der Waals surface area contributed by atoms with Gasteiger partial charge in [0, 0.05) is 19.0 Å². The van der Waals surface area contributed by atoms with E-state index in [1.807, 2.05) is 14.0 Å². The van der Waals surface area contributed by atoms with Gasteiger partial charge in [0.15, 0.2) is 0 Å². The minimum atomic E-state index is 0.0369. The largest absolute Gasteiger partial charge is 0.341 e. The van der Waals surface area contributed by atoms with Crippen LogP contribution in [0.4, 0.5) is 0 Å². The Kier molecular flexibility index (Phi) is 3.99. The van der Waals surface area contributed by atoms with E-state index >= 15 is 0 Å². The van der Waals surface area contributed by atoms with Gasteiger partial charge >= 0.3 is 0 Å². The fraction of sp³-hybridized carbons (Fsp3) is 0.727. The zero-order valence-corrected chi connectivity index (χ0v) is 11.6. The van der Waals surface area contributed by atoms with E-state index in [-0.39, 0.29) is 5.91 Å². The summed E-state index contributed by atoms with van der Waals surface area (Å²) in [5, 5.41) is 4.27. The van der Waals surface area contributed by atoms with E-state index in [1.54, 1.807) is 4.90 Å². The first-order valence-corrected chi connectivity index (χ1v) is 7.03. The Labute approximate surface area is 110 Å². The first kappa shape index (κ1) is 12.8. The van der Waals surface area contributed by atoms with E-state index in [0.717, 1.165) is 31.5 Å². The minimum Gasteiger partial charge on any atom is -0.341 e. The van der Waals surface area contributed by atoms with E-state index in [9.17, 15) is 4.79 Å². The van der Waals surface area contributed by atoms with Crippen molar-refractivity contribution in [3.63, 3.8) is 0 Å². The lowest BCUT2D eigenvalue weighted by Gasteiger charge is -2.33. The first-order chi connectivity index (χ1) is 8.11. The number of amides is 1. The molecule has 0 spiro atoms. The standard InChI is InChI=1S/C11H16ClN3OS/c1-3-9-10(17-14-13-9)11(16)15(2)6-7-4-8(12)5-7/h7-8H,3-6H2,1-2H3. The smallest absolute Gasteiger partial charge is 0.267 e. The molecule has 1 aromatic rings. The van der Waals surface area contributed by atoms with Crippen LogP contribution in [0, 0.1) is 5.92 Å². The maximum Gasteiger partial charge on any atom is 0.267 e. The summed E-state index contributed by atoms with van der Waals surface area (Å²) in [6.45, 7) is 2.76. The van der Waals surface area contributed by atoms with Crippen LogP contribution in [0.2, 0.25) is 0 Å². The zero-order chi connectivity index (χ0) is 12.4. The molecule has 1 aliphatic carbocycles. The Balaban J connectivity index is 1.95. The number of carbonyl (C=O) groups excluding carboxylic acids is 1. The highest BCUT2D eigenvalue weighted by molar-refractivity contribution is 7.07. The maximum absolute atomic E-state index is 12.2. The van der Waals surface area contributed by atoms with Crippen molar-refractivity contribution < 1.29 is 4.79 Å². The average molecular weight is 274 g/mol. The Morgan fingerprint density at radius 2 is 2.29 bits per heavy atom. The second-order valence-electron chi connectivity index (χ2n) is 4.52. The molecule has 0 saturated heterocycles. The molecule has 1 aliphatic rings. The van der Waals surface area contributed by atoms with E-state index in [4.69, 9.17) is 11.6 Å². The number of rotatable bonds is 4. The van der Waals surface area contributed by atoms with Crippen molar-refractivity contribution in [2.24, 2.45) is 5.92 Å². The SMILES string of the molecule is CCc1nnsc1C(=O)N(C)CC1CC(Cl)C1. The van der Waals surface area contributed by atoms with Crippen molar-refractivity contribution in [1.29, 1.82) is 0 Å². The van der Waals surface area contributed by atoms with Gasteiger partial charge in [0.05, 0.1) is 5.69 Å². The van der Waals surface area contributed by atoms with Gasteiger partial charge in [-0.3, -0.25) is 4.79 Å². The highest BCUT2D eigenvalue weighted by Gasteiger charge is 2.30. The van der Waals surface area contributed by atoms with Gasteiger partial charge in [0.1, 0.15) is 4.88 Å². The molecule has 0 aromatic carbocycles. The predicted molar refractivity (Wildman–Crippen MR) is 68.6 cm³/mol. The molecule has 0 N–H and O–H groups in total. The van der Waals surface area contributed by atoms with Crippen molar-refractivity contribution in [3.8, 4) is 0 Å². The van der Waals surface area contributed by atoms with Crippen molar-refractivity contribution in [3.05, 3.63) is 10.6 Å². The number of carbonyl (C=O) groups is 1. The fourth-order valence-corrected chi connectivity index (χ4v) is 3.30. The summed E-state index contributed by atoms with van der Waals surface area (Å²) in [6, 6.07) is 0. The normalized spacial score (nSPS) is 23.2. The molecule has 1 heterocycles. The van der Waals surface area contributed by atoms with Crippen molar-refractivity contribution in [1.82, 2.24) is 14.5 Å². The lowest BCUT2D eigenvalue weighted by molar-refractivity contribution is 0.0750. The second-order valence-corrected chi connectivity index (χ2v) is 5.89. The molecule has 0 unspecified atom stereocenters. The van der Waals surface area contributed by atoms with Gasteiger partial charge in [0.2, 0.25) is 0 Å². The third-order valence-corrected chi connectivity index (χ3v) is 4.25. The monoisotopic (exact) mass is 273 g/mol. The molecule has 17 heavy (non-hydrogen) atoms. The highest BCUT2D eigenvalue weighted by atomic mass is 35.5. The van der Waals surface area contributed by atoms with E-state index in [2.05, 4.69) is 9.59 Å². The molecule has 1 amide bonds. The number of nitrogens with zero attached hydrogens (tertiary/aromatic N) is 3. The van der Waals surface area contributed by atoms with Crippen LogP contribution < -0.4 is 0 Å². The molecular weight excluding hydrogens is 258 g/mol. The number of alkyl halides is 1. The molecule has 0 radical (unpaired) electrons. The van der Waals surface area contributed by atoms with Crippen LogP contribution in [0.15, 0.2) is 0 Å². The van der Waals surface area contributed by atoms with Crippen LogP contribution in [0.3, 0.4) is 0 Å². The Bertz CT molecular complexity index is 403. The molecule has 1 fully saturated rings. The Morgan fingerprint density at radius 3 is 2.88 bits per heavy atom. The third-order valence-electron chi connectivity index (χ3n) is 3.14. The Morgan fingerprint density at radius 1 is 1.59 bits per heavy atom. The Hall–Kier alpha value is -0.680. The summed E-state index contributed by atoms with van der Waals surface area (Å²) in [6.07, 6.45) is 2.78. The van der Waals surface area contributed by atoms with Gasteiger partial charge in [-0.05, 0) is 36.7 Å². The van der Waals surface area contributed by atoms with Crippen LogP contribution in [-0.4, -0.2) is 39.4 Å². The molecule has 2 rings (SSSR count). The lowest BCUT2D eigenvalue weighted by Crippen LogP contribution is -2.37. The molecule has 4 nitrogen and oxygen atoms in total. The van der Waals surface area contributed by atoms with Gasteiger partial charge in [-0.1, -0.05) is 11.4 Å². The summed E-state index contributed by atoms with van der Waals surface area (Å²) < 4.78 is 3.84. The van der Waals surface area contributed by atoms with Gasteiger partial charge in [0.25, 0.3) is 5.91 Å². The number of hydrogen-bond acceptors (Lipinski definition) is 4. The topological polar surface area (TPSA) is 46.1 Å². The molecule has 1 saturated carbocycles. The van der Waals surface area contributed by atoms with Crippen LogP contribution >= 0.6 is 23.1 Å². The van der Waals surface area contributed by atoms with Crippen LogP contribution in [0.5, 0.6) is 0 Å². The van der Waals surface area contributed by atoms with E-state index < -0.39 is 0 Å². The van der Waals surface area contributed by atoms with E-state index in [0.29, 0.717) is 16.2 Å². The van der Waals surface area contributed by atoms with Gasteiger partial charge < -0.3 is 4.90 Å². The molecule has 94 valence electrons. The summed E-state index contributed by atoms with van der Waals surface area (Å²) in [5.41, 5.74) is 0.802. The average Bonchev–Trinajstić information content (AvgIpc) is 2.73. The fourth-order valence-electron chi connectivity index (χ4n) is 2.05. The first-order valence-electron chi connectivity index (χ1n) is 5.82. The van der Waals surface area contributed by atoms with Gasteiger partial charge in [-0.15, -0.1) is 16.7 Å². The highest BCUT2D eigenvalue weighted by Crippen LogP contribution is 2.32. The quantitative estimate of drug-likeness (QED) is 0.790. The summed E-state index contributed by atoms with van der Waals surface area (Å²) in [4.78, 5) is 14.6. The number of halogens is 1. The van der Waals surface area contributed by atoms with Crippen LogP contribution in [-0.2, 0) is 6.42 Å². The number of hydrogen-bond donors (Lipinski definition) is 0. The maximum atomic E-state index is 12.2. The van der Waals surface area contributed by atoms with Crippen LogP contribution in [0.1, 0.15) is 35.1 Å². The molecule has 0 bridgehead atoms. The molecule has 6 heteroatoms. The molecular formula is C11H16ClN3OS. The molecule has 1 aromatic heterocycles. The minimum absolute atomic E-state index is 0.0369. The third kappa shape index (κ3) is 2.77. The molecule has 0 atom stereocenters. The summed E-state index contributed by atoms with van der Waals surface area (Å²) >= 11 is 7.12. The predicted octanol–water partition coefficient (Wildman–Crippen LogP) is 2.19. The van der Waals surface area contributed by atoms with Crippen molar-refractivity contribution >= 4 is 29.0 Å². The summed E-state index contributed by atoms with van der Waals surface area (Å²) in [5.74, 6) is 0.590. The van der Waals surface area contributed by atoms with Crippen LogP contribution in [0.25, 0.3) is 0 Å². The van der Waals surface area contributed by atoms with Crippen molar-refractivity contribution in [2.75, 3.05) is 13.6 Å². The number of aryl methyl sites for hydroxylation is 1. The second kappa shape index (κ2) is 5.31. The van der Waals surface area contributed by atoms with Gasteiger partial charge in [-0.2, -0.15) is 0 Å². The van der Waals surface area contributed by atoms with Gasteiger partial charge in [-0.25, -0.2) is 0 Å². The van der Waals surface area contributed by atoms with E-state index in [1.165, 1.54) is 11.5 Å². The number of aromatic nitrogens is 2. The summed E-state index contributed by atoms with van der Waals surface area (Å²) in [7, 11) is 1.84. The zero-order valence-electron chi connectivity index (χ0n) is 10.0. The molecule has 0 aliphatic heterocycles. The lowest BCUT2D eigenvalue weighted by atomic mass is 9.84.